The average Bonchev–Trinajstić information content (AvgIpc) is 2.64. The summed E-state index contributed by atoms with van der Waals surface area (Å²) in [6, 6.07) is 2.18. The van der Waals surface area contributed by atoms with E-state index in [1.54, 1.807) is 19.5 Å². The van der Waals surface area contributed by atoms with Gasteiger partial charge in [0, 0.05) is 13.3 Å². The number of pyridine rings is 1. The van der Waals surface area contributed by atoms with Crippen LogP contribution in [0.15, 0.2) is 18.5 Å². The summed E-state index contributed by atoms with van der Waals surface area (Å²) in [7, 11) is 1.71. The summed E-state index contributed by atoms with van der Waals surface area (Å²) in [6.07, 6.45) is 5.60. The number of hydrogen-bond donors (Lipinski definition) is 1. The average molecular weight is 234 g/mol. The molecule has 0 spiro atoms. The van der Waals surface area contributed by atoms with Crippen molar-refractivity contribution < 1.29 is 4.74 Å². The van der Waals surface area contributed by atoms with Gasteiger partial charge in [0.2, 0.25) is 5.95 Å². The molecule has 0 saturated carbocycles. The van der Waals surface area contributed by atoms with Gasteiger partial charge in [-0.2, -0.15) is 0 Å². The standard InChI is InChI=1S/C12H18N4O/c1-3-4-9(8-17-2)16-11-5-6-14-7-10(11)15-12(16)13/h5-7,9H,3-4,8H2,1-2H3,(H2,13,15). The molecule has 2 N–H and O–H groups in total. The molecule has 2 heterocycles. The second-order valence-corrected chi connectivity index (χ2v) is 4.10. The zero-order valence-corrected chi connectivity index (χ0v) is 10.3. The second-order valence-electron chi connectivity index (χ2n) is 4.10. The zero-order valence-electron chi connectivity index (χ0n) is 10.3. The number of aromatic nitrogens is 3. The van der Waals surface area contributed by atoms with E-state index in [2.05, 4.69) is 16.9 Å². The van der Waals surface area contributed by atoms with Crippen molar-refractivity contribution in [3.05, 3.63) is 18.5 Å². The number of hydrogen-bond acceptors (Lipinski definition) is 4. The van der Waals surface area contributed by atoms with Crippen LogP contribution in [0.1, 0.15) is 25.8 Å². The second kappa shape index (κ2) is 5.14. The molecular weight excluding hydrogens is 216 g/mol. The largest absolute Gasteiger partial charge is 0.383 e. The van der Waals surface area contributed by atoms with E-state index < -0.39 is 0 Å². The minimum atomic E-state index is 0.234. The number of nitrogens with zero attached hydrogens (tertiary/aromatic N) is 3. The normalized spacial score (nSPS) is 13.1. The number of anilines is 1. The predicted molar refractivity (Wildman–Crippen MR) is 67.8 cm³/mol. The fourth-order valence-electron chi connectivity index (χ4n) is 2.17. The molecule has 0 fully saturated rings. The minimum Gasteiger partial charge on any atom is -0.383 e. The predicted octanol–water partition coefficient (Wildman–Crippen LogP) is 2.00. The van der Waals surface area contributed by atoms with Gasteiger partial charge in [0.25, 0.3) is 0 Å². The highest BCUT2D eigenvalue weighted by molar-refractivity contribution is 5.77. The quantitative estimate of drug-likeness (QED) is 0.859. The first-order valence-electron chi connectivity index (χ1n) is 5.84. The first-order valence-corrected chi connectivity index (χ1v) is 5.84. The van der Waals surface area contributed by atoms with Crippen molar-refractivity contribution in [2.24, 2.45) is 0 Å². The maximum atomic E-state index is 5.98. The van der Waals surface area contributed by atoms with E-state index in [1.165, 1.54) is 0 Å². The lowest BCUT2D eigenvalue weighted by Crippen LogP contribution is -2.16. The minimum absolute atomic E-state index is 0.234. The highest BCUT2D eigenvalue weighted by Crippen LogP contribution is 2.25. The third-order valence-corrected chi connectivity index (χ3v) is 2.87. The Kier molecular flexibility index (Phi) is 3.58. The molecule has 2 aromatic rings. The van der Waals surface area contributed by atoms with Gasteiger partial charge in [-0.05, 0) is 12.5 Å². The summed E-state index contributed by atoms with van der Waals surface area (Å²) in [5, 5.41) is 0. The van der Waals surface area contributed by atoms with Crippen LogP contribution in [0.25, 0.3) is 11.0 Å². The lowest BCUT2D eigenvalue weighted by atomic mass is 10.1. The van der Waals surface area contributed by atoms with E-state index in [1.807, 2.05) is 10.6 Å². The Bertz CT molecular complexity index is 488. The van der Waals surface area contributed by atoms with Crippen LogP contribution >= 0.6 is 0 Å². The van der Waals surface area contributed by atoms with Crippen molar-refractivity contribution in [3.8, 4) is 0 Å². The smallest absolute Gasteiger partial charge is 0.201 e. The molecule has 2 rings (SSSR count). The molecule has 2 aromatic heterocycles. The first kappa shape index (κ1) is 11.9. The Balaban J connectivity index is 2.47. The molecule has 0 aliphatic carbocycles. The number of nitrogen functional groups attached to an aromatic ring is 1. The van der Waals surface area contributed by atoms with Crippen molar-refractivity contribution in [1.29, 1.82) is 0 Å². The van der Waals surface area contributed by atoms with Crippen LogP contribution in [0.4, 0.5) is 5.95 Å². The van der Waals surface area contributed by atoms with Crippen molar-refractivity contribution >= 4 is 17.0 Å². The van der Waals surface area contributed by atoms with Crippen LogP contribution in [0, 0.1) is 0 Å². The summed E-state index contributed by atoms with van der Waals surface area (Å²) in [5.74, 6) is 0.531. The molecule has 5 heteroatoms. The van der Waals surface area contributed by atoms with Crippen LogP contribution in [-0.2, 0) is 4.74 Å². The van der Waals surface area contributed by atoms with Gasteiger partial charge < -0.3 is 15.0 Å². The maximum absolute atomic E-state index is 5.98. The summed E-state index contributed by atoms with van der Waals surface area (Å²) in [6.45, 7) is 2.80. The van der Waals surface area contributed by atoms with Gasteiger partial charge >= 0.3 is 0 Å². The summed E-state index contributed by atoms with van der Waals surface area (Å²) in [5.41, 5.74) is 7.84. The molecular formula is C12H18N4O. The third-order valence-electron chi connectivity index (χ3n) is 2.87. The third kappa shape index (κ3) is 2.24. The van der Waals surface area contributed by atoms with E-state index in [9.17, 15) is 0 Å². The van der Waals surface area contributed by atoms with E-state index in [0.29, 0.717) is 12.6 Å². The highest BCUT2D eigenvalue weighted by Gasteiger charge is 2.16. The van der Waals surface area contributed by atoms with Crippen LogP contribution < -0.4 is 5.73 Å². The molecule has 5 nitrogen and oxygen atoms in total. The molecule has 0 saturated heterocycles. The fourth-order valence-corrected chi connectivity index (χ4v) is 2.17. The first-order chi connectivity index (χ1) is 8.27. The summed E-state index contributed by atoms with van der Waals surface area (Å²) < 4.78 is 7.31. The van der Waals surface area contributed by atoms with Gasteiger partial charge in [-0.15, -0.1) is 0 Å². The number of nitrogens with two attached hydrogens (primary N) is 1. The monoisotopic (exact) mass is 234 g/mol. The fraction of sp³-hybridized carbons (Fsp3) is 0.500. The molecule has 1 unspecified atom stereocenters. The molecule has 0 aromatic carbocycles. The molecule has 1 atom stereocenters. The van der Waals surface area contributed by atoms with Gasteiger partial charge in [-0.1, -0.05) is 13.3 Å². The summed E-state index contributed by atoms with van der Waals surface area (Å²) >= 11 is 0. The molecule has 92 valence electrons. The SMILES string of the molecule is CCCC(COC)n1c(N)nc2cnccc21. The van der Waals surface area contributed by atoms with E-state index in [4.69, 9.17) is 10.5 Å². The Morgan fingerprint density at radius 1 is 1.53 bits per heavy atom. The number of ether oxygens (including phenoxy) is 1. The van der Waals surface area contributed by atoms with Crippen molar-refractivity contribution in [2.75, 3.05) is 19.5 Å². The van der Waals surface area contributed by atoms with E-state index in [-0.39, 0.29) is 6.04 Å². The lowest BCUT2D eigenvalue weighted by molar-refractivity contribution is 0.153. The molecule has 0 aliphatic heterocycles. The highest BCUT2D eigenvalue weighted by atomic mass is 16.5. The van der Waals surface area contributed by atoms with Crippen molar-refractivity contribution in [2.45, 2.75) is 25.8 Å². The van der Waals surface area contributed by atoms with Crippen molar-refractivity contribution in [1.82, 2.24) is 14.5 Å². The molecule has 0 aliphatic rings. The van der Waals surface area contributed by atoms with E-state index in [0.717, 1.165) is 23.9 Å². The van der Waals surface area contributed by atoms with Crippen LogP contribution in [0.2, 0.25) is 0 Å². The Morgan fingerprint density at radius 3 is 3.06 bits per heavy atom. The van der Waals surface area contributed by atoms with Gasteiger partial charge in [-0.25, -0.2) is 4.98 Å². The van der Waals surface area contributed by atoms with Gasteiger partial charge in [-0.3, -0.25) is 4.98 Å². The van der Waals surface area contributed by atoms with Crippen LogP contribution in [-0.4, -0.2) is 28.3 Å². The summed E-state index contributed by atoms with van der Waals surface area (Å²) in [4.78, 5) is 8.38. The number of rotatable bonds is 5. The lowest BCUT2D eigenvalue weighted by Gasteiger charge is -2.19. The number of imidazole rings is 1. The Labute approximate surface area is 101 Å². The van der Waals surface area contributed by atoms with Gasteiger partial charge in [0.1, 0.15) is 5.52 Å². The van der Waals surface area contributed by atoms with Crippen LogP contribution in [0.3, 0.4) is 0 Å². The Morgan fingerprint density at radius 2 is 2.35 bits per heavy atom. The molecule has 0 bridgehead atoms. The zero-order chi connectivity index (χ0) is 12.3. The number of methoxy groups -OCH3 is 1. The van der Waals surface area contributed by atoms with Crippen LogP contribution in [0.5, 0.6) is 0 Å². The van der Waals surface area contributed by atoms with Gasteiger partial charge in [0.15, 0.2) is 0 Å². The topological polar surface area (TPSA) is 66.0 Å². The number of fused-ring (bicyclic) bond motifs is 1. The van der Waals surface area contributed by atoms with Crippen molar-refractivity contribution in [3.63, 3.8) is 0 Å². The van der Waals surface area contributed by atoms with Gasteiger partial charge in [0.05, 0.1) is 24.4 Å². The maximum Gasteiger partial charge on any atom is 0.201 e. The van der Waals surface area contributed by atoms with E-state index >= 15 is 0 Å². The Hall–Kier alpha value is -1.62. The molecule has 17 heavy (non-hydrogen) atoms. The molecule has 0 amide bonds. The molecule has 0 radical (unpaired) electrons.